The first-order valence-corrected chi connectivity index (χ1v) is 11.3. The van der Waals surface area contributed by atoms with Crippen molar-refractivity contribution >= 4 is 17.0 Å². The van der Waals surface area contributed by atoms with Gasteiger partial charge in [0.25, 0.3) is 0 Å². The maximum Gasteiger partial charge on any atom is 0.145 e. The van der Waals surface area contributed by atoms with E-state index >= 15 is 0 Å². The van der Waals surface area contributed by atoms with Crippen molar-refractivity contribution in [3.05, 3.63) is 89.3 Å². The zero-order valence-corrected chi connectivity index (χ0v) is 18.4. The molecule has 4 aromatic rings. The molecule has 0 saturated carbocycles. The van der Waals surface area contributed by atoms with Crippen LogP contribution in [0, 0.1) is 12.7 Å². The molecular weight excluding hydrogens is 423 g/mol. The van der Waals surface area contributed by atoms with Gasteiger partial charge in [-0.05, 0) is 56.0 Å². The molecule has 5 rings (SSSR count). The summed E-state index contributed by atoms with van der Waals surface area (Å²) in [7, 11) is 0. The molecular formula is C25H21FN4OS. The molecule has 0 bridgehead atoms. The van der Waals surface area contributed by atoms with Gasteiger partial charge < -0.3 is 4.84 Å². The van der Waals surface area contributed by atoms with E-state index in [4.69, 9.17) is 14.8 Å². The van der Waals surface area contributed by atoms with Gasteiger partial charge in [-0.25, -0.2) is 14.4 Å². The largest absolute Gasteiger partial charge is 0.391 e. The highest BCUT2D eigenvalue weighted by atomic mass is 32.1. The Bertz CT molecular complexity index is 1290. The van der Waals surface area contributed by atoms with Crippen LogP contribution in [-0.4, -0.2) is 20.7 Å². The van der Waals surface area contributed by atoms with E-state index in [1.54, 1.807) is 35.7 Å². The van der Waals surface area contributed by atoms with Crippen molar-refractivity contribution in [2.24, 2.45) is 5.16 Å². The van der Waals surface area contributed by atoms with E-state index < -0.39 is 0 Å². The quantitative estimate of drug-likeness (QED) is 0.356. The molecule has 0 spiro atoms. The Morgan fingerprint density at radius 3 is 2.81 bits per heavy atom. The summed E-state index contributed by atoms with van der Waals surface area (Å²) in [6.07, 6.45) is 6.30. The van der Waals surface area contributed by atoms with Crippen molar-refractivity contribution in [3.8, 4) is 21.1 Å². The van der Waals surface area contributed by atoms with Gasteiger partial charge in [0.2, 0.25) is 0 Å². The van der Waals surface area contributed by atoms with Crippen LogP contribution in [0.3, 0.4) is 0 Å². The van der Waals surface area contributed by atoms with Crippen LogP contribution in [0.25, 0.3) is 21.1 Å². The number of rotatable bonds is 5. The minimum Gasteiger partial charge on any atom is -0.391 e. The molecule has 0 saturated heterocycles. The average Bonchev–Trinajstić information content (AvgIpc) is 3.22. The van der Waals surface area contributed by atoms with E-state index in [2.05, 4.69) is 22.3 Å². The Hall–Kier alpha value is -3.45. The third-order valence-corrected chi connectivity index (χ3v) is 6.63. The number of thiazole rings is 1. The molecule has 0 radical (unpaired) electrons. The van der Waals surface area contributed by atoms with Gasteiger partial charge in [-0.2, -0.15) is 0 Å². The maximum atomic E-state index is 13.8. The molecule has 1 aromatic carbocycles. The van der Waals surface area contributed by atoms with E-state index in [-0.39, 0.29) is 12.4 Å². The second-order valence-electron chi connectivity index (χ2n) is 7.64. The molecule has 5 nitrogen and oxygen atoms in total. The summed E-state index contributed by atoms with van der Waals surface area (Å²) < 4.78 is 13.8. The van der Waals surface area contributed by atoms with Gasteiger partial charge in [0.1, 0.15) is 23.1 Å². The van der Waals surface area contributed by atoms with Crippen LogP contribution in [0.1, 0.15) is 35.4 Å². The van der Waals surface area contributed by atoms with E-state index in [1.807, 2.05) is 25.3 Å². The first kappa shape index (κ1) is 20.5. The van der Waals surface area contributed by atoms with Crippen LogP contribution >= 0.6 is 11.3 Å². The third kappa shape index (κ3) is 4.16. The molecule has 160 valence electrons. The summed E-state index contributed by atoms with van der Waals surface area (Å²) in [4.78, 5) is 20.4. The summed E-state index contributed by atoms with van der Waals surface area (Å²) >= 11 is 1.61. The Morgan fingerprint density at radius 1 is 1.06 bits per heavy atom. The molecule has 3 aromatic heterocycles. The third-order valence-electron chi connectivity index (χ3n) is 5.40. The number of nitrogens with zero attached hydrogens (tertiary/aromatic N) is 4. The summed E-state index contributed by atoms with van der Waals surface area (Å²) in [6, 6.07) is 14.7. The van der Waals surface area contributed by atoms with E-state index in [1.165, 1.54) is 6.07 Å². The Kier molecular flexibility index (Phi) is 5.73. The number of halogens is 1. The highest BCUT2D eigenvalue weighted by molar-refractivity contribution is 7.18. The van der Waals surface area contributed by atoms with Gasteiger partial charge in [0.15, 0.2) is 0 Å². The van der Waals surface area contributed by atoms with Crippen LogP contribution in [0.15, 0.2) is 66.1 Å². The number of benzene rings is 1. The van der Waals surface area contributed by atoms with Gasteiger partial charge in [-0.15, -0.1) is 11.3 Å². The van der Waals surface area contributed by atoms with E-state index in [0.29, 0.717) is 5.56 Å². The SMILES string of the molecule is Cc1nc(-c2cccnc2)sc1-c1ccc2c(n1)/C(=N/OCc1ccccc1F)CCC2. The normalized spacial score (nSPS) is 14.4. The van der Waals surface area contributed by atoms with Crippen molar-refractivity contribution in [2.45, 2.75) is 32.8 Å². The lowest BCUT2D eigenvalue weighted by atomic mass is 9.94. The lowest BCUT2D eigenvalue weighted by molar-refractivity contribution is 0.127. The molecule has 0 aliphatic heterocycles. The van der Waals surface area contributed by atoms with Crippen LogP contribution in [-0.2, 0) is 17.9 Å². The summed E-state index contributed by atoms with van der Waals surface area (Å²) in [5, 5.41) is 5.26. The molecule has 1 aliphatic carbocycles. The lowest BCUT2D eigenvalue weighted by Gasteiger charge is -2.17. The van der Waals surface area contributed by atoms with Crippen molar-refractivity contribution in [1.82, 2.24) is 15.0 Å². The fourth-order valence-corrected chi connectivity index (χ4v) is 4.79. The number of aryl methyl sites for hydroxylation is 2. The molecule has 0 N–H and O–H groups in total. The zero-order chi connectivity index (χ0) is 21.9. The molecule has 7 heteroatoms. The maximum absolute atomic E-state index is 13.8. The van der Waals surface area contributed by atoms with E-state index in [9.17, 15) is 4.39 Å². The van der Waals surface area contributed by atoms with Crippen molar-refractivity contribution in [3.63, 3.8) is 0 Å². The number of aromatic nitrogens is 3. The Morgan fingerprint density at radius 2 is 1.97 bits per heavy atom. The van der Waals surface area contributed by atoms with Crippen LogP contribution in [0.2, 0.25) is 0 Å². The second kappa shape index (κ2) is 8.96. The number of fused-ring (bicyclic) bond motifs is 1. The second-order valence-corrected chi connectivity index (χ2v) is 8.63. The van der Waals surface area contributed by atoms with Gasteiger partial charge in [-0.1, -0.05) is 29.4 Å². The van der Waals surface area contributed by atoms with Gasteiger partial charge in [-0.3, -0.25) is 4.98 Å². The molecule has 0 fully saturated rings. The smallest absolute Gasteiger partial charge is 0.145 e. The highest BCUT2D eigenvalue weighted by Crippen LogP contribution is 2.35. The molecule has 0 unspecified atom stereocenters. The molecule has 3 heterocycles. The fourth-order valence-electron chi connectivity index (χ4n) is 3.76. The van der Waals surface area contributed by atoms with Crippen LogP contribution in [0.4, 0.5) is 4.39 Å². The lowest BCUT2D eigenvalue weighted by Crippen LogP contribution is -2.15. The predicted octanol–water partition coefficient (Wildman–Crippen LogP) is 5.97. The minimum atomic E-state index is -0.290. The standard InChI is InChI=1S/C25H21FN4OS/c1-16-24(32-25(28-16)18-8-5-13-27-14-18)22-12-11-17-7-4-10-21(23(17)29-22)30-31-15-19-6-2-3-9-20(19)26/h2-3,5-6,8-9,11-14H,4,7,10,15H2,1H3/b30-21+. The Balaban J connectivity index is 1.43. The topological polar surface area (TPSA) is 60.3 Å². The molecule has 0 amide bonds. The average molecular weight is 445 g/mol. The van der Waals surface area contributed by atoms with Crippen molar-refractivity contribution in [1.29, 1.82) is 0 Å². The minimum absolute atomic E-state index is 0.0909. The number of hydrogen-bond acceptors (Lipinski definition) is 6. The van der Waals surface area contributed by atoms with Gasteiger partial charge in [0.05, 0.1) is 22.0 Å². The number of pyridine rings is 2. The van der Waals surface area contributed by atoms with E-state index in [0.717, 1.165) is 63.1 Å². The first-order valence-electron chi connectivity index (χ1n) is 10.5. The summed E-state index contributed by atoms with van der Waals surface area (Å²) in [6.45, 7) is 2.09. The van der Waals surface area contributed by atoms with Gasteiger partial charge >= 0.3 is 0 Å². The predicted molar refractivity (Wildman–Crippen MR) is 124 cm³/mol. The van der Waals surface area contributed by atoms with Gasteiger partial charge in [0, 0.05) is 23.5 Å². The number of hydrogen-bond donors (Lipinski definition) is 0. The fraction of sp³-hybridized carbons (Fsp3) is 0.200. The summed E-state index contributed by atoms with van der Waals surface area (Å²) in [5.74, 6) is -0.290. The monoisotopic (exact) mass is 444 g/mol. The number of oxime groups is 1. The van der Waals surface area contributed by atoms with Crippen LogP contribution < -0.4 is 0 Å². The summed E-state index contributed by atoms with van der Waals surface area (Å²) in [5.41, 5.74) is 6.11. The first-order chi connectivity index (χ1) is 15.7. The van der Waals surface area contributed by atoms with Crippen LogP contribution in [0.5, 0.6) is 0 Å². The van der Waals surface area contributed by atoms with Crippen molar-refractivity contribution < 1.29 is 9.23 Å². The molecule has 32 heavy (non-hydrogen) atoms. The zero-order valence-electron chi connectivity index (χ0n) is 17.6. The Labute approximate surface area is 189 Å². The highest BCUT2D eigenvalue weighted by Gasteiger charge is 2.21. The molecule has 0 atom stereocenters. The molecule has 1 aliphatic rings. The van der Waals surface area contributed by atoms with Crippen molar-refractivity contribution in [2.75, 3.05) is 0 Å².